The summed E-state index contributed by atoms with van der Waals surface area (Å²) in [6.45, 7) is 2.96. The van der Waals surface area contributed by atoms with Gasteiger partial charge < -0.3 is 5.11 Å². The highest BCUT2D eigenvalue weighted by molar-refractivity contribution is 5.20. The van der Waals surface area contributed by atoms with E-state index in [-0.39, 0.29) is 0 Å². The van der Waals surface area contributed by atoms with Crippen LogP contribution in [0, 0.1) is 36.2 Å². The van der Waals surface area contributed by atoms with Crippen molar-refractivity contribution in [3.05, 3.63) is 66.1 Å². The smallest absolute Gasteiger partial charge is 0.365 e. The summed E-state index contributed by atoms with van der Waals surface area (Å²) in [4.78, 5) is 0. The topological polar surface area (TPSA) is 20.2 Å². The molecule has 2 rings (SSSR count). The van der Waals surface area contributed by atoms with Crippen molar-refractivity contribution in [2.45, 2.75) is 19.4 Å². The lowest BCUT2D eigenvalue weighted by Crippen LogP contribution is -3.62. The van der Waals surface area contributed by atoms with E-state index in [1.54, 1.807) is 18.2 Å². The Labute approximate surface area is 134 Å². The van der Waals surface area contributed by atoms with Gasteiger partial charge in [0.25, 0.3) is 3.57 Å². The molecule has 0 saturated heterocycles. The molecule has 0 amide bonds. The minimum Gasteiger partial charge on any atom is -0.386 e. The Morgan fingerprint density at radius 1 is 0.818 bits per heavy atom. The van der Waals surface area contributed by atoms with Gasteiger partial charge in [-0.2, -0.15) is 8.78 Å². The van der Waals surface area contributed by atoms with Gasteiger partial charge >= 0.3 is 21.2 Å². The van der Waals surface area contributed by atoms with E-state index in [4.69, 9.17) is 0 Å². The Morgan fingerprint density at radius 2 is 1.27 bits per heavy atom. The van der Waals surface area contributed by atoms with E-state index in [9.17, 15) is 27.1 Å². The van der Waals surface area contributed by atoms with Crippen LogP contribution in [0.3, 0.4) is 0 Å². The van der Waals surface area contributed by atoms with E-state index in [0.717, 1.165) is 0 Å². The van der Waals surface area contributed by atoms with Crippen molar-refractivity contribution >= 4 is 0 Å². The standard InChI is InChI=1S/C15H11F5IO/c1-15(2,22)7-5-3-4-6-8(7)21-14-12(19)10(17)9(16)11(18)13(14)20/h3-6,22H,1-2H3/q+1. The first-order chi connectivity index (χ1) is 10.1. The van der Waals surface area contributed by atoms with Gasteiger partial charge in [-0.15, -0.1) is 0 Å². The number of halogens is 6. The zero-order chi connectivity index (χ0) is 16.7. The fraction of sp³-hybridized carbons (Fsp3) is 0.200. The van der Waals surface area contributed by atoms with Crippen molar-refractivity contribution in [3.63, 3.8) is 0 Å². The molecule has 7 heteroatoms. The van der Waals surface area contributed by atoms with Crippen LogP contribution in [-0.4, -0.2) is 5.11 Å². The van der Waals surface area contributed by atoms with Crippen molar-refractivity contribution in [1.29, 1.82) is 0 Å². The third kappa shape index (κ3) is 3.10. The van der Waals surface area contributed by atoms with Crippen molar-refractivity contribution in [2.75, 3.05) is 0 Å². The van der Waals surface area contributed by atoms with Gasteiger partial charge in [-0.25, -0.2) is 13.2 Å². The molecule has 0 unspecified atom stereocenters. The van der Waals surface area contributed by atoms with Crippen LogP contribution < -0.4 is 21.2 Å². The summed E-state index contributed by atoms with van der Waals surface area (Å²) in [6.07, 6.45) is 0. The molecule has 0 aliphatic carbocycles. The lowest BCUT2D eigenvalue weighted by molar-refractivity contribution is -0.605. The second-order valence-electron chi connectivity index (χ2n) is 5.02. The predicted octanol–water partition coefficient (Wildman–Crippen LogP) is 0.738. The van der Waals surface area contributed by atoms with Gasteiger partial charge in [0.05, 0.1) is 5.60 Å². The van der Waals surface area contributed by atoms with Gasteiger partial charge in [-0.05, 0) is 19.9 Å². The van der Waals surface area contributed by atoms with Gasteiger partial charge in [0.15, 0.2) is 0 Å². The van der Waals surface area contributed by atoms with Crippen LogP contribution in [0.5, 0.6) is 0 Å². The Bertz CT molecular complexity index is 696. The molecule has 0 aliphatic rings. The Morgan fingerprint density at radius 3 is 1.77 bits per heavy atom. The predicted molar refractivity (Wildman–Crippen MR) is 65.3 cm³/mol. The molecule has 0 spiro atoms. The third-order valence-electron chi connectivity index (χ3n) is 2.89. The van der Waals surface area contributed by atoms with Crippen molar-refractivity contribution < 1.29 is 48.3 Å². The zero-order valence-electron chi connectivity index (χ0n) is 11.5. The van der Waals surface area contributed by atoms with Crippen LogP contribution in [0.1, 0.15) is 19.4 Å². The summed E-state index contributed by atoms with van der Waals surface area (Å²) < 4.78 is 66.6. The Balaban J connectivity index is 2.59. The van der Waals surface area contributed by atoms with Crippen molar-refractivity contribution in [3.8, 4) is 0 Å². The van der Waals surface area contributed by atoms with Gasteiger partial charge in [0.1, 0.15) is 0 Å². The average molecular weight is 429 g/mol. The van der Waals surface area contributed by atoms with Gasteiger partial charge in [0.2, 0.25) is 32.7 Å². The molecule has 0 radical (unpaired) electrons. The monoisotopic (exact) mass is 429 g/mol. The van der Waals surface area contributed by atoms with Crippen LogP contribution in [0.2, 0.25) is 0 Å². The van der Waals surface area contributed by atoms with E-state index in [0.29, 0.717) is 9.13 Å². The van der Waals surface area contributed by atoms with Crippen molar-refractivity contribution in [1.82, 2.24) is 0 Å². The maximum Gasteiger partial charge on any atom is 0.365 e. The molecule has 1 N–H and O–H groups in total. The molecular weight excluding hydrogens is 418 g/mol. The fourth-order valence-electron chi connectivity index (χ4n) is 1.80. The van der Waals surface area contributed by atoms with E-state index < -0.39 is 59.5 Å². The van der Waals surface area contributed by atoms with E-state index >= 15 is 0 Å². The lowest BCUT2D eigenvalue weighted by atomic mass is 9.99. The number of hydrogen-bond acceptors (Lipinski definition) is 1. The van der Waals surface area contributed by atoms with Crippen LogP contribution in [0.25, 0.3) is 0 Å². The fourth-order valence-corrected chi connectivity index (χ4v) is 4.85. The maximum atomic E-state index is 13.8. The Kier molecular flexibility index (Phi) is 4.76. The van der Waals surface area contributed by atoms with Crippen LogP contribution >= 0.6 is 0 Å². The average Bonchev–Trinajstić information content (AvgIpc) is 2.47. The molecule has 0 fully saturated rings. The molecule has 0 aromatic heterocycles. The second kappa shape index (κ2) is 6.11. The van der Waals surface area contributed by atoms with E-state index in [1.807, 2.05) is 0 Å². The molecule has 0 atom stereocenters. The summed E-state index contributed by atoms with van der Waals surface area (Å²) in [6, 6.07) is 6.27. The van der Waals surface area contributed by atoms with E-state index in [1.165, 1.54) is 19.9 Å². The van der Waals surface area contributed by atoms with Crippen LogP contribution in [-0.2, 0) is 5.60 Å². The maximum absolute atomic E-state index is 13.8. The summed E-state index contributed by atoms with van der Waals surface area (Å²) in [5.74, 6) is -9.69. The van der Waals surface area contributed by atoms with E-state index in [2.05, 4.69) is 0 Å². The van der Waals surface area contributed by atoms with Crippen molar-refractivity contribution in [2.24, 2.45) is 0 Å². The lowest BCUT2D eigenvalue weighted by Gasteiger charge is -2.17. The summed E-state index contributed by atoms with van der Waals surface area (Å²) in [5, 5.41) is 10.1. The highest BCUT2D eigenvalue weighted by Gasteiger charge is 2.37. The largest absolute Gasteiger partial charge is 0.386 e. The van der Waals surface area contributed by atoms with Crippen LogP contribution in [0.4, 0.5) is 22.0 Å². The van der Waals surface area contributed by atoms with Gasteiger partial charge in [-0.3, -0.25) is 0 Å². The molecule has 0 bridgehead atoms. The molecular formula is C15H11F5IO+. The molecule has 0 saturated carbocycles. The molecule has 0 heterocycles. The zero-order valence-corrected chi connectivity index (χ0v) is 13.7. The van der Waals surface area contributed by atoms with Crippen LogP contribution in [0.15, 0.2) is 24.3 Å². The Hall–Kier alpha value is -1.22. The molecule has 2 aromatic carbocycles. The first-order valence-corrected chi connectivity index (χ1v) is 8.28. The highest BCUT2D eigenvalue weighted by Crippen LogP contribution is 2.20. The minimum absolute atomic E-state index is 0.386. The molecule has 118 valence electrons. The summed E-state index contributed by atoms with van der Waals surface area (Å²) in [5.41, 5.74) is -0.896. The SMILES string of the molecule is CC(C)(O)c1ccccc1[I+]c1c(F)c(F)c(F)c(F)c1F. The number of aliphatic hydroxyl groups is 1. The number of benzene rings is 2. The number of hydrogen-bond donors (Lipinski definition) is 1. The third-order valence-corrected chi connectivity index (χ3v) is 5.89. The quantitative estimate of drug-likeness (QED) is 0.331. The first-order valence-electron chi connectivity index (χ1n) is 6.12. The molecule has 0 aliphatic heterocycles. The minimum atomic E-state index is -2.17. The van der Waals surface area contributed by atoms with Gasteiger partial charge in [-0.1, -0.05) is 18.2 Å². The number of rotatable bonds is 3. The molecule has 1 nitrogen and oxygen atoms in total. The normalized spacial score (nSPS) is 11.8. The summed E-state index contributed by atoms with van der Waals surface area (Å²) >= 11 is -1.71. The summed E-state index contributed by atoms with van der Waals surface area (Å²) in [7, 11) is 0. The highest BCUT2D eigenvalue weighted by atomic mass is 127. The van der Waals surface area contributed by atoms with Gasteiger partial charge in [0, 0.05) is 5.56 Å². The molecule has 2 aromatic rings. The molecule has 22 heavy (non-hydrogen) atoms. The first kappa shape index (κ1) is 17.1. The second-order valence-corrected chi connectivity index (χ2v) is 7.80.